The first-order chi connectivity index (χ1) is 12.4. The molecule has 26 heavy (non-hydrogen) atoms. The minimum Gasteiger partial charge on any atom is -0.392 e. The number of para-hydroxylation sites is 2. The van der Waals surface area contributed by atoms with E-state index in [0.717, 1.165) is 22.3 Å². The van der Waals surface area contributed by atoms with Crippen LogP contribution in [0.5, 0.6) is 0 Å². The summed E-state index contributed by atoms with van der Waals surface area (Å²) in [5, 5.41) is 15.6. The molecule has 2 aromatic carbocycles. The van der Waals surface area contributed by atoms with Crippen molar-refractivity contribution < 1.29 is 9.90 Å². The molecule has 0 saturated carbocycles. The molecule has 1 amide bonds. The Kier molecular flexibility index (Phi) is 5.23. The predicted octanol–water partition coefficient (Wildman–Crippen LogP) is 3.08. The molecule has 1 aromatic heterocycles. The summed E-state index contributed by atoms with van der Waals surface area (Å²) in [6, 6.07) is 13.5. The number of benzene rings is 2. The van der Waals surface area contributed by atoms with E-state index in [0.29, 0.717) is 12.5 Å². The highest BCUT2D eigenvalue weighted by atomic mass is 16.3. The quantitative estimate of drug-likeness (QED) is 0.637. The highest BCUT2D eigenvalue weighted by Gasteiger charge is 2.14. The molecule has 1 heterocycles. The second kappa shape index (κ2) is 7.58. The number of aromatic nitrogens is 2. The number of anilines is 2. The van der Waals surface area contributed by atoms with Gasteiger partial charge in [-0.05, 0) is 56.2 Å². The van der Waals surface area contributed by atoms with Crippen LogP contribution in [0.25, 0.3) is 11.0 Å². The zero-order valence-electron chi connectivity index (χ0n) is 15.3. The van der Waals surface area contributed by atoms with Crippen LogP contribution in [0.1, 0.15) is 18.1 Å². The summed E-state index contributed by atoms with van der Waals surface area (Å²) in [5.74, 6) is 0.443. The molecule has 6 nitrogen and oxygen atoms in total. The van der Waals surface area contributed by atoms with Crippen molar-refractivity contribution in [3.63, 3.8) is 0 Å². The third kappa shape index (κ3) is 4.03. The zero-order chi connectivity index (χ0) is 18.7. The van der Waals surface area contributed by atoms with E-state index in [1.807, 2.05) is 60.9 Å². The fraction of sp³-hybridized carbons (Fsp3) is 0.300. The van der Waals surface area contributed by atoms with Gasteiger partial charge in [0.15, 0.2) is 0 Å². The molecule has 3 aromatic rings. The van der Waals surface area contributed by atoms with E-state index in [1.54, 1.807) is 6.92 Å². The molecule has 1 atom stereocenters. The lowest BCUT2D eigenvalue weighted by atomic mass is 10.1. The lowest BCUT2D eigenvalue weighted by Gasteiger charge is -2.13. The van der Waals surface area contributed by atoms with E-state index in [1.165, 1.54) is 5.56 Å². The molecule has 0 aliphatic heterocycles. The van der Waals surface area contributed by atoms with Crippen molar-refractivity contribution in [2.24, 2.45) is 0 Å². The summed E-state index contributed by atoms with van der Waals surface area (Å²) in [4.78, 5) is 17.1. The van der Waals surface area contributed by atoms with E-state index in [9.17, 15) is 9.90 Å². The van der Waals surface area contributed by atoms with Crippen molar-refractivity contribution >= 4 is 28.6 Å². The number of rotatable bonds is 6. The largest absolute Gasteiger partial charge is 0.392 e. The first kappa shape index (κ1) is 17.9. The van der Waals surface area contributed by atoms with Crippen LogP contribution in [-0.4, -0.2) is 33.2 Å². The number of amides is 1. The van der Waals surface area contributed by atoms with Crippen molar-refractivity contribution in [1.82, 2.24) is 9.55 Å². The summed E-state index contributed by atoms with van der Waals surface area (Å²) in [6.45, 7) is 6.26. The third-order valence-electron chi connectivity index (χ3n) is 4.30. The van der Waals surface area contributed by atoms with Gasteiger partial charge in [-0.15, -0.1) is 0 Å². The molecule has 6 heteroatoms. The van der Waals surface area contributed by atoms with Gasteiger partial charge in [0.2, 0.25) is 11.9 Å². The number of imidazole rings is 1. The molecular weight excluding hydrogens is 328 g/mol. The molecule has 0 aliphatic carbocycles. The number of aryl methyl sites for hydroxylation is 2. The number of hydrogen-bond donors (Lipinski definition) is 3. The summed E-state index contributed by atoms with van der Waals surface area (Å²) in [7, 11) is 0. The van der Waals surface area contributed by atoms with E-state index in [4.69, 9.17) is 0 Å². The normalized spacial score (nSPS) is 12.2. The van der Waals surface area contributed by atoms with Crippen LogP contribution in [0.2, 0.25) is 0 Å². The molecule has 0 radical (unpaired) electrons. The Bertz CT molecular complexity index is 931. The van der Waals surface area contributed by atoms with Gasteiger partial charge < -0.3 is 20.3 Å². The second-order valence-corrected chi connectivity index (χ2v) is 6.59. The maximum atomic E-state index is 12.6. The molecule has 3 rings (SSSR count). The third-order valence-corrected chi connectivity index (χ3v) is 4.30. The molecule has 0 spiro atoms. The van der Waals surface area contributed by atoms with Gasteiger partial charge in [-0.25, -0.2) is 4.98 Å². The van der Waals surface area contributed by atoms with Gasteiger partial charge in [-0.2, -0.15) is 0 Å². The van der Waals surface area contributed by atoms with Gasteiger partial charge in [-0.1, -0.05) is 18.2 Å². The smallest absolute Gasteiger partial charge is 0.244 e. The Hall–Kier alpha value is -2.86. The topological polar surface area (TPSA) is 79.2 Å². The van der Waals surface area contributed by atoms with Gasteiger partial charge in [0.1, 0.15) is 6.54 Å². The number of aliphatic hydroxyl groups excluding tert-OH is 1. The van der Waals surface area contributed by atoms with Gasteiger partial charge >= 0.3 is 0 Å². The van der Waals surface area contributed by atoms with Crippen LogP contribution in [0, 0.1) is 13.8 Å². The predicted molar refractivity (Wildman–Crippen MR) is 104 cm³/mol. The summed E-state index contributed by atoms with van der Waals surface area (Å²) in [6.07, 6.45) is -0.507. The standard InChI is InChI=1S/C20H24N4O2/c1-13-8-9-16(10-14(13)2)22-19(26)12-24-18-7-5-4-6-17(18)23-20(24)21-11-15(3)25/h4-10,15,25H,11-12H2,1-3H3,(H,21,23)(H,22,26). The number of nitrogens with zero attached hydrogens (tertiary/aromatic N) is 2. The molecule has 0 bridgehead atoms. The molecule has 136 valence electrons. The molecular formula is C20H24N4O2. The maximum absolute atomic E-state index is 12.6. The molecule has 3 N–H and O–H groups in total. The highest BCUT2D eigenvalue weighted by molar-refractivity contribution is 5.92. The van der Waals surface area contributed by atoms with Crippen LogP contribution in [0.4, 0.5) is 11.6 Å². The summed E-state index contributed by atoms with van der Waals surface area (Å²) < 4.78 is 1.83. The number of carbonyl (C=O) groups is 1. The average Bonchev–Trinajstić information content (AvgIpc) is 2.94. The van der Waals surface area contributed by atoms with Crippen LogP contribution < -0.4 is 10.6 Å². The first-order valence-electron chi connectivity index (χ1n) is 8.68. The van der Waals surface area contributed by atoms with Gasteiger partial charge in [0.25, 0.3) is 0 Å². The Morgan fingerprint density at radius 1 is 1.19 bits per heavy atom. The van der Waals surface area contributed by atoms with E-state index < -0.39 is 6.10 Å². The fourth-order valence-electron chi connectivity index (χ4n) is 2.77. The molecule has 1 unspecified atom stereocenters. The van der Waals surface area contributed by atoms with Gasteiger partial charge in [0.05, 0.1) is 17.1 Å². The second-order valence-electron chi connectivity index (χ2n) is 6.59. The lowest BCUT2D eigenvalue weighted by molar-refractivity contribution is -0.116. The lowest BCUT2D eigenvalue weighted by Crippen LogP contribution is -2.22. The van der Waals surface area contributed by atoms with Crippen LogP contribution in [0.3, 0.4) is 0 Å². The number of aliphatic hydroxyl groups is 1. The van der Waals surface area contributed by atoms with Crippen molar-refractivity contribution in [3.05, 3.63) is 53.6 Å². The van der Waals surface area contributed by atoms with Crippen molar-refractivity contribution in [1.29, 1.82) is 0 Å². The molecule has 0 aliphatic rings. The fourth-order valence-corrected chi connectivity index (χ4v) is 2.77. The van der Waals surface area contributed by atoms with Crippen molar-refractivity contribution in [3.8, 4) is 0 Å². The average molecular weight is 352 g/mol. The first-order valence-corrected chi connectivity index (χ1v) is 8.68. The minimum atomic E-state index is -0.507. The Balaban J connectivity index is 1.82. The SMILES string of the molecule is Cc1ccc(NC(=O)Cn2c(NCC(C)O)nc3ccccc32)cc1C. The number of nitrogens with one attached hydrogen (secondary N) is 2. The monoisotopic (exact) mass is 352 g/mol. The maximum Gasteiger partial charge on any atom is 0.244 e. The molecule has 0 saturated heterocycles. The molecule has 0 fully saturated rings. The van der Waals surface area contributed by atoms with Gasteiger partial charge in [0, 0.05) is 12.2 Å². The van der Waals surface area contributed by atoms with Crippen LogP contribution in [0.15, 0.2) is 42.5 Å². The zero-order valence-corrected chi connectivity index (χ0v) is 15.3. The summed E-state index contributed by atoms with van der Waals surface area (Å²) >= 11 is 0. The van der Waals surface area contributed by atoms with Crippen LogP contribution >= 0.6 is 0 Å². The Morgan fingerprint density at radius 3 is 2.69 bits per heavy atom. The van der Waals surface area contributed by atoms with Crippen molar-refractivity contribution in [2.45, 2.75) is 33.4 Å². The van der Waals surface area contributed by atoms with E-state index in [2.05, 4.69) is 15.6 Å². The Morgan fingerprint density at radius 2 is 1.96 bits per heavy atom. The summed E-state index contributed by atoms with van der Waals surface area (Å²) in [5.41, 5.74) is 4.78. The highest BCUT2D eigenvalue weighted by Crippen LogP contribution is 2.20. The number of carbonyl (C=O) groups excluding carboxylic acids is 1. The van der Waals surface area contributed by atoms with Gasteiger partial charge in [-0.3, -0.25) is 4.79 Å². The Labute approximate surface area is 152 Å². The van der Waals surface area contributed by atoms with Crippen LogP contribution in [-0.2, 0) is 11.3 Å². The minimum absolute atomic E-state index is 0.128. The van der Waals surface area contributed by atoms with E-state index in [-0.39, 0.29) is 12.5 Å². The van der Waals surface area contributed by atoms with E-state index >= 15 is 0 Å². The number of fused-ring (bicyclic) bond motifs is 1. The number of hydrogen-bond acceptors (Lipinski definition) is 4. The van der Waals surface area contributed by atoms with Crippen molar-refractivity contribution in [2.75, 3.05) is 17.2 Å².